The molecule has 1 fully saturated rings. The van der Waals surface area contributed by atoms with Crippen molar-refractivity contribution in [3.63, 3.8) is 0 Å². The lowest BCUT2D eigenvalue weighted by molar-refractivity contribution is 0.726. The van der Waals surface area contributed by atoms with E-state index in [0.717, 1.165) is 24.4 Å². The zero-order valence-electron chi connectivity index (χ0n) is 11.2. The molecule has 0 radical (unpaired) electrons. The topological polar surface area (TPSA) is 51.0 Å². The van der Waals surface area contributed by atoms with E-state index in [9.17, 15) is 4.79 Å². The molecule has 0 bridgehead atoms. The van der Waals surface area contributed by atoms with Crippen molar-refractivity contribution in [1.82, 2.24) is 14.5 Å². The van der Waals surface area contributed by atoms with Crippen LogP contribution in [0.2, 0.25) is 0 Å². The molecule has 0 saturated carbocycles. The van der Waals surface area contributed by atoms with Crippen LogP contribution in [0.3, 0.4) is 0 Å². The fourth-order valence-corrected chi connectivity index (χ4v) is 2.57. The van der Waals surface area contributed by atoms with Crippen LogP contribution in [-0.2, 0) is 7.05 Å². The van der Waals surface area contributed by atoms with E-state index in [4.69, 9.17) is 0 Å². The van der Waals surface area contributed by atoms with E-state index in [2.05, 4.69) is 14.9 Å². The Balaban J connectivity index is 2.05. The standard InChI is InChI=1S/C14H18N4O/c1-17-13(19)10-15-11-6-7-12(16-14(11)17)18-8-4-2-3-5-9-18/h6-7,10H,2-5,8-9H2,1H3. The van der Waals surface area contributed by atoms with Crippen molar-refractivity contribution >= 4 is 17.0 Å². The Morgan fingerprint density at radius 3 is 2.58 bits per heavy atom. The van der Waals surface area contributed by atoms with Crippen molar-refractivity contribution in [2.75, 3.05) is 18.0 Å². The van der Waals surface area contributed by atoms with Crippen molar-refractivity contribution in [3.05, 3.63) is 28.7 Å². The number of nitrogens with zero attached hydrogens (tertiary/aromatic N) is 4. The quantitative estimate of drug-likeness (QED) is 0.781. The van der Waals surface area contributed by atoms with Crippen LogP contribution in [0.25, 0.3) is 11.2 Å². The monoisotopic (exact) mass is 258 g/mol. The third-order valence-electron chi connectivity index (χ3n) is 3.73. The molecule has 5 heteroatoms. The Labute approximate surface area is 111 Å². The van der Waals surface area contributed by atoms with Gasteiger partial charge in [-0.3, -0.25) is 9.36 Å². The van der Waals surface area contributed by atoms with Gasteiger partial charge in [-0.25, -0.2) is 9.97 Å². The first-order chi connectivity index (χ1) is 9.25. The number of aryl methyl sites for hydroxylation is 1. The Kier molecular flexibility index (Phi) is 3.19. The third-order valence-corrected chi connectivity index (χ3v) is 3.73. The van der Waals surface area contributed by atoms with Crippen LogP contribution in [0.4, 0.5) is 5.82 Å². The molecule has 5 nitrogen and oxygen atoms in total. The van der Waals surface area contributed by atoms with Crippen molar-refractivity contribution < 1.29 is 0 Å². The summed E-state index contributed by atoms with van der Waals surface area (Å²) in [7, 11) is 1.74. The summed E-state index contributed by atoms with van der Waals surface area (Å²) in [6, 6.07) is 3.95. The maximum atomic E-state index is 11.6. The molecular formula is C14H18N4O. The summed E-state index contributed by atoms with van der Waals surface area (Å²) < 4.78 is 1.56. The second kappa shape index (κ2) is 4.99. The first-order valence-electron chi connectivity index (χ1n) is 6.83. The fourth-order valence-electron chi connectivity index (χ4n) is 2.57. The third kappa shape index (κ3) is 2.32. The normalized spacial score (nSPS) is 16.6. The van der Waals surface area contributed by atoms with Gasteiger partial charge in [0.15, 0.2) is 5.65 Å². The van der Waals surface area contributed by atoms with Crippen LogP contribution in [0.5, 0.6) is 0 Å². The summed E-state index contributed by atoms with van der Waals surface area (Å²) in [5.41, 5.74) is 1.31. The molecule has 0 amide bonds. The Morgan fingerprint density at radius 2 is 1.84 bits per heavy atom. The fraction of sp³-hybridized carbons (Fsp3) is 0.500. The van der Waals surface area contributed by atoms with Gasteiger partial charge < -0.3 is 4.90 Å². The summed E-state index contributed by atoms with van der Waals surface area (Å²) in [4.78, 5) is 22.7. The van der Waals surface area contributed by atoms with Gasteiger partial charge in [0.25, 0.3) is 5.56 Å². The lowest BCUT2D eigenvalue weighted by atomic mass is 10.2. The van der Waals surface area contributed by atoms with E-state index >= 15 is 0 Å². The minimum absolute atomic E-state index is 0.118. The van der Waals surface area contributed by atoms with Gasteiger partial charge in [0, 0.05) is 20.1 Å². The molecule has 0 aliphatic carbocycles. The predicted octanol–water partition coefficient (Wildman–Crippen LogP) is 1.71. The molecule has 0 atom stereocenters. The van der Waals surface area contributed by atoms with E-state index in [1.807, 2.05) is 12.1 Å². The van der Waals surface area contributed by atoms with Crippen LogP contribution in [0.15, 0.2) is 23.1 Å². The van der Waals surface area contributed by atoms with Crippen molar-refractivity contribution in [1.29, 1.82) is 0 Å². The Bertz CT molecular complexity index is 641. The van der Waals surface area contributed by atoms with Gasteiger partial charge in [0.1, 0.15) is 11.3 Å². The van der Waals surface area contributed by atoms with Crippen LogP contribution < -0.4 is 10.5 Å². The summed E-state index contributed by atoms with van der Waals surface area (Å²) in [6.45, 7) is 2.10. The Hall–Kier alpha value is -1.91. The second-order valence-electron chi connectivity index (χ2n) is 5.07. The smallest absolute Gasteiger partial charge is 0.270 e. The molecule has 0 aromatic carbocycles. The van der Waals surface area contributed by atoms with E-state index in [1.54, 1.807) is 11.6 Å². The van der Waals surface area contributed by atoms with E-state index in [1.165, 1.54) is 31.9 Å². The zero-order chi connectivity index (χ0) is 13.2. The van der Waals surface area contributed by atoms with E-state index < -0.39 is 0 Å². The van der Waals surface area contributed by atoms with E-state index in [-0.39, 0.29) is 5.56 Å². The van der Waals surface area contributed by atoms with Gasteiger partial charge in [-0.1, -0.05) is 12.8 Å². The van der Waals surface area contributed by atoms with Gasteiger partial charge in [-0.05, 0) is 25.0 Å². The number of anilines is 1. The van der Waals surface area contributed by atoms with Gasteiger partial charge in [-0.15, -0.1) is 0 Å². The molecule has 0 spiro atoms. The van der Waals surface area contributed by atoms with Crippen LogP contribution in [0, 0.1) is 0 Å². The van der Waals surface area contributed by atoms with Crippen LogP contribution in [-0.4, -0.2) is 27.6 Å². The molecule has 3 heterocycles. The molecule has 0 N–H and O–H groups in total. The minimum Gasteiger partial charge on any atom is -0.357 e. The SMILES string of the molecule is Cn1c(=O)cnc2ccc(N3CCCCCC3)nc21. The Morgan fingerprint density at radius 1 is 1.11 bits per heavy atom. The molecule has 2 aromatic rings. The molecule has 0 unspecified atom stereocenters. The van der Waals surface area contributed by atoms with Gasteiger partial charge in [-0.2, -0.15) is 0 Å². The summed E-state index contributed by atoms with van der Waals surface area (Å²) in [6.07, 6.45) is 6.36. The molecule has 2 aromatic heterocycles. The minimum atomic E-state index is -0.118. The summed E-state index contributed by atoms with van der Waals surface area (Å²) in [5.74, 6) is 0.956. The summed E-state index contributed by atoms with van der Waals surface area (Å²) >= 11 is 0. The number of hydrogen-bond acceptors (Lipinski definition) is 4. The zero-order valence-corrected chi connectivity index (χ0v) is 11.2. The lowest BCUT2D eigenvalue weighted by Gasteiger charge is -2.21. The summed E-state index contributed by atoms with van der Waals surface area (Å²) in [5, 5.41) is 0. The highest BCUT2D eigenvalue weighted by Gasteiger charge is 2.12. The molecule has 3 rings (SSSR count). The maximum absolute atomic E-state index is 11.6. The maximum Gasteiger partial charge on any atom is 0.270 e. The number of aromatic nitrogens is 3. The molecule has 1 saturated heterocycles. The first-order valence-corrected chi connectivity index (χ1v) is 6.83. The highest BCUT2D eigenvalue weighted by Crippen LogP contribution is 2.19. The van der Waals surface area contributed by atoms with Gasteiger partial charge in [0.05, 0.1) is 6.20 Å². The van der Waals surface area contributed by atoms with Crippen LogP contribution >= 0.6 is 0 Å². The highest BCUT2D eigenvalue weighted by atomic mass is 16.1. The number of fused-ring (bicyclic) bond motifs is 1. The molecule has 100 valence electrons. The van der Waals surface area contributed by atoms with Crippen molar-refractivity contribution in [3.8, 4) is 0 Å². The number of rotatable bonds is 1. The number of pyridine rings is 1. The highest BCUT2D eigenvalue weighted by molar-refractivity contribution is 5.72. The molecule has 19 heavy (non-hydrogen) atoms. The predicted molar refractivity (Wildman–Crippen MR) is 75.5 cm³/mol. The lowest BCUT2D eigenvalue weighted by Crippen LogP contribution is -2.25. The van der Waals surface area contributed by atoms with Gasteiger partial charge >= 0.3 is 0 Å². The molecule has 1 aliphatic rings. The average molecular weight is 258 g/mol. The molecule has 1 aliphatic heterocycles. The van der Waals surface area contributed by atoms with Crippen molar-refractivity contribution in [2.45, 2.75) is 25.7 Å². The second-order valence-corrected chi connectivity index (χ2v) is 5.07. The molecular weight excluding hydrogens is 240 g/mol. The van der Waals surface area contributed by atoms with Crippen LogP contribution in [0.1, 0.15) is 25.7 Å². The van der Waals surface area contributed by atoms with Gasteiger partial charge in [0.2, 0.25) is 0 Å². The number of hydrogen-bond donors (Lipinski definition) is 0. The van der Waals surface area contributed by atoms with Crippen molar-refractivity contribution in [2.24, 2.45) is 7.05 Å². The first kappa shape index (κ1) is 12.1. The average Bonchev–Trinajstić information content (AvgIpc) is 2.72. The largest absolute Gasteiger partial charge is 0.357 e. The van der Waals surface area contributed by atoms with E-state index in [0.29, 0.717) is 5.65 Å².